The number of hydrogen-bond donors (Lipinski definition) is 3. The highest BCUT2D eigenvalue weighted by Crippen LogP contribution is 2.37. The molecule has 2 unspecified atom stereocenters. The fraction of sp³-hybridized carbons (Fsp3) is 0.333. The lowest BCUT2D eigenvalue weighted by Crippen LogP contribution is -2.26. The highest BCUT2D eigenvalue weighted by Gasteiger charge is 2.22. The lowest BCUT2D eigenvalue weighted by Gasteiger charge is -2.14. The molecule has 0 fully saturated rings. The summed E-state index contributed by atoms with van der Waals surface area (Å²) in [7, 11) is -3.91. The van der Waals surface area contributed by atoms with Crippen LogP contribution < -0.4 is 15.2 Å². The van der Waals surface area contributed by atoms with Crippen LogP contribution in [0, 0.1) is 0 Å². The van der Waals surface area contributed by atoms with Gasteiger partial charge in [0, 0.05) is 6.54 Å². The summed E-state index contributed by atoms with van der Waals surface area (Å²) in [6.45, 7) is -0.0957. The number of sulfone groups is 1. The first-order valence-corrected chi connectivity index (χ1v) is 11.2. The van der Waals surface area contributed by atoms with Gasteiger partial charge in [-0.05, 0) is 36.4 Å². The zero-order valence-electron chi connectivity index (χ0n) is 15.1. The third kappa shape index (κ3) is 6.36. The van der Waals surface area contributed by atoms with Crippen LogP contribution in [-0.2, 0) is 9.84 Å². The predicted molar refractivity (Wildman–Crippen MR) is 111 cm³/mol. The molecule has 0 bridgehead atoms. The van der Waals surface area contributed by atoms with Crippen LogP contribution in [0.3, 0.4) is 0 Å². The normalized spacial score (nSPS) is 13.7. The van der Waals surface area contributed by atoms with Crippen molar-refractivity contribution in [3.05, 3.63) is 46.4 Å². The number of ether oxygens (including phenoxy) is 2. The Morgan fingerprint density at radius 2 is 1.48 bits per heavy atom. The van der Waals surface area contributed by atoms with Gasteiger partial charge in [0.1, 0.15) is 31.2 Å². The minimum atomic E-state index is -3.91. The molecule has 2 atom stereocenters. The van der Waals surface area contributed by atoms with Crippen LogP contribution in [0.5, 0.6) is 11.5 Å². The van der Waals surface area contributed by atoms with E-state index in [0.29, 0.717) is 5.75 Å². The number of alkyl halides is 1. The number of aliphatic hydroxyl groups excluding tert-OH is 2. The number of rotatable bonds is 10. The van der Waals surface area contributed by atoms with Gasteiger partial charge >= 0.3 is 0 Å². The van der Waals surface area contributed by atoms with Crippen molar-refractivity contribution in [3.63, 3.8) is 0 Å². The second-order valence-corrected chi connectivity index (χ2v) is 9.08. The number of hydrogen-bond acceptors (Lipinski definition) is 7. The van der Waals surface area contributed by atoms with Crippen LogP contribution in [0.4, 0.5) is 0 Å². The average molecular weight is 485 g/mol. The molecule has 2 rings (SSSR count). The minimum Gasteiger partial charge on any atom is -0.491 e. The van der Waals surface area contributed by atoms with E-state index in [9.17, 15) is 18.6 Å². The molecule has 29 heavy (non-hydrogen) atoms. The molecule has 0 aliphatic heterocycles. The van der Waals surface area contributed by atoms with Gasteiger partial charge in [0.25, 0.3) is 0 Å². The Balaban J connectivity index is 2.22. The summed E-state index contributed by atoms with van der Waals surface area (Å²) in [5.74, 6) is 0.403. The molecular formula is C18H20Cl3NO6S. The van der Waals surface area contributed by atoms with Crippen LogP contribution in [0.2, 0.25) is 10.0 Å². The largest absolute Gasteiger partial charge is 0.491 e. The molecule has 2 aromatic rings. The number of nitrogens with two attached hydrogens (primary N) is 1. The lowest BCUT2D eigenvalue weighted by molar-refractivity contribution is 0.114. The van der Waals surface area contributed by atoms with E-state index in [4.69, 9.17) is 50.0 Å². The van der Waals surface area contributed by atoms with Crippen LogP contribution in [-0.4, -0.2) is 56.5 Å². The standard InChI is InChI=1S/C18H20Cl3NO6S/c19-7-11(23)9-28-18-16(20)5-15(6-17(18)21)29(25,26)14-3-1-13(2-4-14)27-10-12(24)8-22/h1-6,11-12,23-24H,7-10,22H2. The molecule has 11 heteroatoms. The molecule has 2 aromatic carbocycles. The average Bonchev–Trinajstić information content (AvgIpc) is 2.71. The molecule has 0 radical (unpaired) electrons. The van der Waals surface area contributed by atoms with Crippen LogP contribution in [0.25, 0.3) is 0 Å². The zero-order chi connectivity index (χ0) is 21.6. The Kier molecular flexibility index (Phi) is 8.84. The SMILES string of the molecule is NCC(O)COc1ccc(S(=O)(=O)c2cc(Cl)c(OCC(O)CCl)c(Cl)c2)cc1. The smallest absolute Gasteiger partial charge is 0.206 e. The van der Waals surface area contributed by atoms with Gasteiger partial charge in [-0.15, -0.1) is 11.6 Å². The molecule has 0 aromatic heterocycles. The third-order valence-corrected chi connectivity index (χ3v) is 6.40. The molecule has 0 heterocycles. The van der Waals surface area contributed by atoms with Crippen molar-refractivity contribution >= 4 is 44.6 Å². The van der Waals surface area contributed by atoms with E-state index in [0.717, 1.165) is 0 Å². The molecule has 160 valence electrons. The van der Waals surface area contributed by atoms with Crippen molar-refractivity contribution in [2.75, 3.05) is 25.6 Å². The van der Waals surface area contributed by atoms with Gasteiger partial charge in [0.05, 0.1) is 25.7 Å². The summed E-state index contributed by atoms with van der Waals surface area (Å²) in [6, 6.07) is 8.08. The summed E-state index contributed by atoms with van der Waals surface area (Å²) in [5.41, 5.74) is 5.30. The van der Waals surface area contributed by atoms with E-state index in [1.54, 1.807) is 0 Å². The molecule has 0 spiro atoms. The molecule has 0 aliphatic rings. The van der Waals surface area contributed by atoms with Crippen molar-refractivity contribution in [2.45, 2.75) is 22.0 Å². The molecular weight excluding hydrogens is 465 g/mol. The Bertz CT molecular complexity index is 901. The van der Waals surface area contributed by atoms with E-state index < -0.39 is 22.0 Å². The van der Waals surface area contributed by atoms with Crippen molar-refractivity contribution in [2.24, 2.45) is 5.73 Å². The van der Waals surface area contributed by atoms with Crippen molar-refractivity contribution < 1.29 is 28.1 Å². The molecule has 7 nitrogen and oxygen atoms in total. The highest BCUT2D eigenvalue weighted by atomic mass is 35.5. The lowest BCUT2D eigenvalue weighted by atomic mass is 10.3. The molecule has 0 aliphatic carbocycles. The van der Waals surface area contributed by atoms with E-state index in [1.165, 1.54) is 36.4 Å². The van der Waals surface area contributed by atoms with Crippen LogP contribution in [0.1, 0.15) is 0 Å². The van der Waals surface area contributed by atoms with Crippen molar-refractivity contribution in [1.82, 2.24) is 0 Å². The van der Waals surface area contributed by atoms with Crippen molar-refractivity contribution in [3.8, 4) is 11.5 Å². The van der Waals surface area contributed by atoms with E-state index in [1.807, 2.05) is 0 Å². The topological polar surface area (TPSA) is 119 Å². The Morgan fingerprint density at radius 1 is 0.931 bits per heavy atom. The summed E-state index contributed by atoms with van der Waals surface area (Å²) in [6.07, 6.45) is -1.73. The van der Waals surface area contributed by atoms with Crippen molar-refractivity contribution in [1.29, 1.82) is 0 Å². The van der Waals surface area contributed by atoms with Gasteiger partial charge in [0.2, 0.25) is 9.84 Å². The first-order chi connectivity index (χ1) is 13.7. The predicted octanol–water partition coefficient (Wildman–Crippen LogP) is 2.50. The number of aliphatic hydroxyl groups is 2. The summed E-state index contributed by atoms with van der Waals surface area (Å²) in [5, 5.41) is 18.8. The second kappa shape index (κ2) is 10.7. The minimum absolute atomic E-state index is 0.00240. The molecule has 4 N–H and O–H groups in total. The van der Waals surface area contributed by atoms with Gasteiger partial charge in [-0.2, -0.15) is 0 Å². The van der Waals surface area contributed by atoms with Crippen LogP contribution >= 0.6 is 34.8 Å². The Labute approximate surface area is 183 Å². The van der Waals surface area contributed by atoms with Crippen LogP contribution in [0.15, 0.2) is 46.2 Å². The zero-order valence-corrected chi connectivity index (χ0v) is 18.2. The summed E-state index contributed by atoms with van der Waals surface area (Å²) >= 11 is 17.7. The summed E-state index contributed by atoms with van der Waals surface area (Å²) < 4.78 is 36.4. The van der Waals surface area contributed by atoms with E-state index in [-0.39, 0.29) is 51.2 Å². The van der Waals surface area contributed by atoms with Gasteiger partial charge in [-0.25, -0.2) is 8.42 Å². The fourth-order valence-electron chi connectivity index (χ4n) is 2.17. The Hall–Kier alpha value is -1.26. The highest BCUT2D eigenvalue weighted by molar-refractivity contribution is 7.91. The quantitative estimate of drug-likeness (QED) is 0.443. The van der Waals surface area contributed by atoms with E-state index >= 15 is 0 Å². The van der Waals surface area contributed by atoms with E-state index in [2.05, 4.69) is 0 Å². The molecule has 0 saturated heterocycles. The molecule has 0 amide bonds. The van der Waals surface area contributed by atoms with Gasteiger partial charge in [-0.1, -0.05) is 23.2 Å². The maximum Gasteiger partial charge on any atom is 0.206 e. The second-order valence-electron chi connectivity index (χ2n) is 6.01. The monoisotopic (exact) mass is 483 g/mol. The number of benzene rings is 2. The number of halogens is 3. The van der Waals surface area contributed by atoms with Gasteiger partial charge < -0.3 is 25.4 Å². The molecule has 0 saturated carbocycles. The third-order valence-electron chi connectivity index (χ3n) is 3.73. The maximum atomic E-state index is 12.9. The first kappa shape index (κ1) is 24.0. The fourth-order valence-corrected chi connectivity index (χ4v) is 4.29. The van der Waals surface area contributed by atoms with Gasteiger partial charge in [0.15, 0.2) is 5.75 Å². The van der Waals surface area contributed by atoms with Gasteiger partial charge in [-0.3, -0.25) is 0 Å². The summed E-state index contributed by atoms with van der Waals surface area (Å²) in [4.78, 5) is -0.118. The maximum absolute atomic E-state index is 12.9. The Morgan fingerprint density at radius 3 is 2.00 bits per heavy atom. The first-order valence-electron chi connectivity index (χ1n) is 8.41.